The Morgan fingerprint density at radius 3 is 2.88 bits per heavy atom. The van der Waals surface area contributed by atoms with Gasteiger partial charge in [-0.25, -0.2) is 0 Å². The molecule has 0 bridgehead atoms. The van der Waals surface area contributed by atoms with E-state index < -0.39 is 0 Å². The Labute approximate surface area is 152 Å². The first-order valence-corrected chi connectivity index (χ1v) is 9.25. The van der Waals surface area contributed by atoms with Crippen LogP contribution < -0.4 is 0 Å². The topological polar surface area (TPSA) is 61.8 Å². The molecule has 3 fully saturated rings. The first-order valence-electron chi connectivity index (χ1n) is 9.25. The van der Waals surface area contributed by atoms with Gasteiger partial charge in [-0.15, -0.1) is 0 Å². The summed E-state index contributed by atoms with van der Waals surface area (Å²) in [5.41, 5.74) is 2.11. The van der Waals surface area contributed by atoms with Crippen LogP contribution in [0.25, 0.3) is 0 Å². The molecule has 7 heteroatoms. The number of hydrogen-bond donors (Lipinski definition) is 0. The molecule has 3 saturated heterocycles. The van der Waals surface area contributed by atoms with E-state index in [0.29, 0.717) is 33.0 Å². The predicted octanol–water partition coefficient (Wildman–Crippen LogP) is 1.23. The molecule has 0 saturated carbocycles. The average molecular weight is 360 g/mol. The normalized spacial score (nSPS) is 39.3. The third-order valence-electron chi connectivity index (χ3n) is 5.77. The molecule has 4 aliphatic rings. The number of benzene rings is 1. The van der Waals surface area contributed by atoms with Crippen molar-refractivity contribution in [3.05, 3.63) is 35.9 Å². The average Bonchev–Trinajstić information content (AvgIpc) is 3.25. The standard InChI is InChI=1S/C19H24N2O5/c1-21-16-14(11-26-21)9-23-17-15-13(10-25-20-15)8-24-19(17)18(16)22-7-12-5-3-2-4-6-12/h2-6,13-14,16-19H,7-11H2,1H3/t13-,14+,16-,17-,18+,19+/m1/s1. The van der Waals surface area contributed by atoms with Crippen LogP contribution in [-0.4, -0.2) is 68.6 Å². The fraction of sp³-hybridized carbons (Fsp3) is 0.632. The SMILES string of the molecule is CN1OC[C@@H]2CO[C@@H]3C4=NOC[C@H]4CO[C@@H]3[C@@H](OCc3ccccc3)[C@@H]21. The van der Waals surface area contributed by atoms with Gasteiger partial charge in [0.05, 0.1) is 44.1 Å². The fourth-order valence-corrected chi connectivity index (χ4v) is 4.41. The summed E-state index contributed by atoms with van der Waals surface area (Å²) < 4.78 is 18.9. The van der Waals surface area contributed by atoms with E-state index in [1.807, 2.05) is 30.3 Å². The van der Waals surface area contributed by atoms with Gasteiger partial charge >= 0.3 is 0 Å². The van der Waals surface area contributed by atoms with Crippen molar-refractivity contribution in [3.8, 4) is 0 Å². The second-order valence-corrected chi connectivity index (χ2v) is 7.41. The van der Waals surface area contributed by atoms with Crippen molar-refractivity contribution in [1.82, 2.24) is 5.06 Å². The number of likely N-dealkylation sites (N-methyl/N-ethyl adjacent to an activating group) is 1. The Balaban J connectivity index is 1.43. The highest BCUT2D eigenvalue weighted by Crippen LogP contribution is 2.37. The molecule has 5 rings (SSSR count). The van der Waals surface area contributed by atoms with Crippen LogP contribution in [0.4, 0.5) is 0 Å². The first kappa shape index (κ1) is 16.6. The van der Waals surface area contributed by atoms with Gasteiger partial charge in [-0.3, -0.25) is 4.84 Å². The van der Waals surface area contributed by atoms with Gasteiger partial charge in [-0.2, -0.15) is 5.06 Å². The maximum absolute atomic E-state index is 6.43. The smallest absolute Gasteiger partial charge is 0.128 e. The molecule has 1 aromatic carbocycles. The molecule has 0 unspecified atom stereocenters. The molecule has 7 nitrogen and oxygen atoms in total. The summed E-state index contributed by atoms with van der Waals surface area (Å²) in [6, 6.07) is 10.3. The minimum atomic E-state index is -0.213. The van der Waals surface area contributed by atoms with Crippen LogP contribution in [0.2, 0.25) is 0 Å². The molecule has 0 N–H and O–H groups in total. The molecule has 4 heterocycles. The van der Waals surface area contributed by atoms with Crippen LogP contribution in [-0.2, 0) is 30.5 Å². The molecule has 6 atom stereocenters. The number of rotatable bonds is 3. The Morgan fingerprint density at radius 1 is 1.12 bits per heavy atom. The fourth-order valence-electron chi connectivity index (χ4n) is 4.41. The van der Waals surface area contributed by atoms with Crippen LogP contribution >= 0.6 is 0 Å². The number of fused-ring (bicyclic) bond motifs is 4. The Morgan fingerprint density at radius 2 is 2.00 bits per heavy atom. The number of oxime groups is 1. The maximum atomic E-state index is 6.43. The Bertz CT molecular complexity index is 669. The van der Waals surface area contributed by atoms with E-state index in [1.54, 1.807) is 0 Å². The lowest BCUT2D eigenvalue weighted by Crippen LogP contribution is -2.57. The molecule has 4 aliphatic heterocycles. The molecule has 0 aromatic heterocycles. The van der Waals surface area contributed by atoms with Crippen molar-refractivity contribution < 1.29 is 23.9 Å². The Kier molecular flexibility index (Phi) is 4.42. The molecule has 0 spiro atoms. The first-order chi connectivity index (χ1) is 12.8. The van der Waals surface area contributed by atoms with Crippen LogP contribution in [0.1, 0.15) is 5.56 Å². The molecular formula is C19H24N2O5. The lowest BCUT2D eigenvalue weighted by molar-refractivity contribution is -0.183. The zero-order valence-electron chi connectivity index (χ0n) is 14.8. The second-order valence-electron chi connectivity index (χ2n) is 7.41. The van der Waals surface area contributed by atoms with Crippen LogP contribution in [0.5, 0.6) is 0 Å². The van der Waals surface area contributed by atoms with Crippen molar-refractivity contribution in [2.45, 2.75) is 31.0 Å². The van der Waals surface area contributed by atoms with Crippen LogP contribution in [0.15, 0.2) is 35.5 Å². The molecular weight excluding hydrogens is 336 g/mol. The van der Waals surface area contributed by atoms with E-state index >= 15 is 0 Å². The number of nitrogens with zero attached hydrogens (tertiary/aromatic N) is 2. The largest absolute Gasteiger partial charge is 0.395 e. The van der Waals surface area contributed by atoms with Gasteiger partial charge < -0.3 is 19.0 Å². The quantitative estimate of drug-likeness (QED) is 0.808. The highest BCUT2D eigenvalue weighted by Gasteiger charge is 2.54. The third kappa shape index (κ3) is 2.84. The maximum Gasteiger partial charge on any atom is 0.128 e. The highest BCUT2D eigenvalue weighted by molar-refractivity contribution is 5.93. The van der Waals surface area contributed by atoms with Crippen molar-refractivity contribution in [1.29, 1.82) is 0 Å². The highest BCUT2D eigenvalue weighted by atomic mass is 16.7. The number of hydroxylamine groups is 2. The number of hydrogen-bond acceptors (Lipinski definition) is 7. The van der Waals surface area contributed by atoms with E-state index in [1.165, 1.54) is 0 Å². The van der Waals surface area contributed by atoms with E-state index in [4.69, 9.17) is 23.9 Å². The zero-order chi connectivity index (χ0) is 17.5. The summed E-state index contributed by atoms with van der Waals surface area (Å²) in [6.45, 7) is 2.94. The zero-order valence-corrected chi connectivity index (χ0v) is 14.8. The van der Waals surface area contributed by atoms with Gasteiger partial charge in [0.25, 0.3) is 0 Å². The van der Waals surface area contributed by atoms with Crippen molar-refractivity contribution >= 4 is 5.71 Å². The molecule has 0 aliphatic carbocycles. The van der Waals surface area contributed by atoms with Gasteiger partial charge in [0.15, 0.2) is 0 Å². The van der Waals surface area contributed by atoms with Crippen molar-refractivity contribution in [3.63, 3.8) is 0 Å². The van der Waals surface area contributed by atoms with Gasteiger partial charge in [0.1, 0.15) is 24.9 Å². The third-order valence-corrected chi connectivity index (χ3v) is 5.77. The summed E-state index contributed by atoms with van der Waals surface area (Å²) in [7, 11) is 1.96. The van der Waals surface area contributed by atoms with E-state index in [0.717, 1.165) is 11.3 Å². The summed E-state index contributed by atoms with van der Waals surface area (Å²) in [5, 5.41) is 6.17. The van der Waals surface area contributed by atoms with Crippen molar-refractivity contribution in [2.75, 3.05) is 33.5 Å². The second kappa shape index (κ2) is 6.90. The lowest BCUT2D eigenvalue weighted by atomic mass is 9.87. The summed E-state index contributed by atoms with van der Waals surface area (Å²) in [4.78, 5) is 11.1. The van der Waals surface area contributed by atoms with E-state index in [2.05, 4.69) is 17.3 Å². The minimum Gasteiger partial charge on any atom is -0.395 e. The summed E-state index contributed by atoms with van der Waals surface area (Å²) in [5.74, 6) is 0.439. The lowest BCUT2D eigenvalue weighted by Gasteiger charge is -2.39. The van der Waals surface area contributed by atoms with Crippen molar-refractivity contribution in [2.24, 2.45) is 17.0 Å². The van der Waals surface area contributed by atoms with Crippen LogP contribution in [0.3, 0.4) is 0 Å². The van der Waals surface area contributed by atoms with Gasteiger partial charge in [-0.1, -0.05) is 35.5 Å². The monoisotopic (exact) mass is 360 g/mol. The summed E-state index contributed by atoms with van der Waals surface area (Å²) in [6.07, 6.45) is -0.588. The summed E-state index contributed by atoms with van der Waals surface area (Å²) >= 11 is 0. The van der Waals surface area contributed by atoms with Crippen LogP contribution in [0, 0.1) is 11.8 Å². The van der Waals surface area contributed by atoms with E-state index in [9.17, 15) is 0 Å². The molecule has 140 valence electrons. The van der Waals surface area contributed by atoms with E-state index in [-0.39, 0.29) is 36.2 Å². The molecule has 1 aromatic rings. The number of ether oxygens (including phenoxy) is 3. The van der Waals surface area contributed by atoms with Gasteiger partial charge in [-0.05, 0) is 5.56 Å². The molecule has 0 amide bonds. The minimum absolute atomic E-state index is 0.0909. The molecule has 0 radical (unpaired) electrons. The van der Waals surface area contributed by atoms with Gasteiger partial charge in [0.2, 0.25) is 0 Å². The predicted molar refractivity (Wildman–Crippen MR) is 92.4 cm³/mol. The van der Waals surface area contributed by atoms with Gasteiger partial charge in [0, 0.05) is 13.0 Å². The molecule has 26 heavy (non-hydrogen) atoms. The Hall–Kier alpha value is -1.51.